The number of hydrogen-bond acceptors (Lipinski definition) is 2. The third kappa shape index (κ3) is 2.59. The zero-order valence-electron chi connectivity index (χ0n) is 11.4. The van der Waals surface area contributed by atoms with E-state index >= 15 is 0 Å². The van der Waals surface area contributed by atoms with E-state index < -0.39 is 0 Å². The number of aromatic nitrogens is 1. The summed E-state index contributed by atoms with van der Waals surface area (Å²) in [5, 5.41) is 0. The van der Waals surface area contributed by atoms with Crippen molar-refractivity contribution in [2.24, 2.45) is 0 Å². The Morgan fingerprint density at radius 3 is 2.26 bits per heavy atom. The first kappa shape index (κ1) is 13.2. The second-order valence-electron chi connectivity index (χ2n) is 4.94. The van der Waals surface area contributed by atoms with Crippen molar-refractivity contribution in [1.82, 2.24) is 4.57 Å². The summed E-state index contributed by atoms with van der Waals surface area (Å²) in [6, 6.07) is 13.3. The Hall–Kier alpha value is -0.800. The molecule has 0 N–H and O–H groups in total. The lowest BCUT2D eigenvalue weighted by atomic mass is 10.2. The lowest BCUT2D eigenvalue weighted by molar-refractivity contribution is 0.950. The number of rotatable bonds is 2. The Morgan fingerprint density at radius 2 is 1.58 bits per heavy atom. The summed E-state index contributed by atoms with van der Waals surface area (Å²) < 4.78 is 2.97. The quantitative estimate of drug-likeness (QED) is 0.769. The monoisotopic (exact) mass is 289 g/mol. The summed E-state index contributed by atoms with van der Waals surface area (Å²) in [6.45, 7) is 4.37. The molecule has 3 heteroatoms. The molecule has 0 bridgehead atoms. The SMILES string of the molecule is Cc1ccc(C)n1-c1ccccc1C1SCCCS1. The Labute approximate surface area is 123 Å². The molecule has 2 aromatic rings. The van der Waals surface area contributed by atoms with Gasteiger partial charge in [-0.15, -0.1) is 23.5 Å². The predicted octanol–water partition coefficient (Wildman–Crippen LogP) is 4.96. The highest BCUT2D eigenvalue weighted by atomic mass is 32.2. The molecule has 0 aliphatic carbocycles. The fourth-order valence-corrected chi connectivity index (χ4v) is 5.56. The van der Waals surface area contributed by atoms with Gasteiger partial charge in [0.05, 0.1) is 10.3 Å². The zero-order chi connectivity index (χ0) is 13.2. The highest BCUT2D eigenvalue weighted by Crippen LogP contribution is 2.45. The second kappa shape index (κ2) is 5.68. The van der Waals surface area contributed by atoms with E-state index in [0.717, 1.165) is 0 Å². The molecule has 2 heterocycles. The van der Waals surface area contributed by atoms with Crippen LogP contribution in [-0.4, -0.2) is 16.1 Å². The van der Waals surface area contributed by atoms with Crippen LogP contribution in [0, 0.1) is 13.8 Å². The number of para-hydroxylation sites is 1. The molecule has 0 amide bonds. The molecular weight excluding hydrogens is 270 g/mol. The van der Waals surface area contributed by atoms with Gasteiger partial charge in [-0.05, 0) is 55.5 Å². The third-order valence-corrected chi connectivity index (χ3v) is 6.51. The van der Waals surface area contributed by atoms with Crippen LogP contribution in [0.1, 0.15) is 28.0 Å². The van der Waals surface area contributed by atoms with Crippen molar-refractivity contribution in [1.29, 1.82) is 0 Å². The zero-order valence-corrected chi connectivity index (χ0v) is 13.1. The highest BCUT2D eigenvalue weighted by Gasteiger charge is 2.20. The molecule has 1 aliphatic heterocycles. The number of nitrogens with zero attached hydrogens (tertiary/aromatic N) is 1. The van der Waals surface area contributed by atoms with Gasteiger partial charge in [-0.2, -0.15) is 0 Å². The topological polar surface area (TPSA) is 4.93 Å². The molecule has 0 atom stereocenters. The van der Waals surface area contributed by atoms with E-state index in [-0.39, 0.29) is 0 Å². The normalized spacial score (nSPS) is 16.7. The molecule has 0 spiro atoms. The first-order chi connectivity index (χ1) is 9.27. The van der Waals surface area contributed by atoms with E-state index in [9.17, 15) is 0 Å². The van der Waals surface area contributed by atoms with Gasteiger partial charge in [0.1, 0.15) is 0 Å². The van der Waals surface area contributed by atoms with Crippen LogP contribution in [0.4, 0.5) is 0 Å². The molecule has 1 aliphatic rings. The van der Waals surface area contributed by atoms with Crippen molar-refractivity contribution in [3.05, 3.63) is 53.3 Å². The maximum atomic E-state index is 2.38. The van der Waals surface area contributed by atoms with E-state index in [2.05, 4.69) is 78.3 Å². The predicted molar refractivity (Wildman–Crippen MR) is 87.5 cm³/mol. The van der Waals surface area contributed by atoms with Crippen LogP contribution in [0.15, 0.2) is 36.4 Å². The van der Waals surface area contributed by atoms with Crippen LogP contribution in [-0.2, 0) is 0 Å². The van der Waals surface area contributed by atoms with Crippen LogP contribution < -0.4 is 0 Å². The Balaban J connectivity index is 2.06. The van der Waals surface area contributed by atoms with E-state index in [0.29, 0.717) is 4.58 Å². The van der Waals surface area contributed by atoms with Crippen LogP contribution in [0.2, 0.25) is 0 Å². The molecule has 1 nitrogen and oxygen atoms in total. The number of hydrogen-bond donors (Lipinski definition) is 0. The summed E-state index contributed by atoms with van der Waals surface area (Å²) in [5.41, 5.74) is 5.46. The highest BCUT2D eigenvalue weighted by molar-refractivity contribution is 8.16. The van der Waals surface area contributed by atoms with Crippen molar-refractivity contribution >= 4 is 23.5 Å². The number of benzene rings is 1. The van der Waals surface area contributed by atoms with Crippen molar-refractivity contribution in [3.8, 4) is 5.69 Å². The van der Waals surface area contributed by atoms with Crippen molar-refractivity contribution in [3.63, 3.8) is 0 Å². The smallest absolute Gasteiger partial charge is 0.0771 e. The minimum atomic E-state index is 0.589. The molecule has 1 saturated heterocycles. The molecule has 19 heavy (non-hydrogen) atoms. The Morgan fingerprint density at radius 1 is 0.947 bits per heavy atom. The molecule has 100 valence electrons. The van der Waals surface area contributed by atoms with E-state index in [1.165, 1.54) is 40.6 Å². The van der Waals surface area contributed by atoms with Gasteiger partial charge in [-0.3, -0.25) is 0 Å². The maximum absolute atomic E-state index is 2.38. The van der Waals surface area contributed by atoms with Gasteiger partial charge in [-0.1, -0.05) is 18.2 Å². The third-order valence-electron chi connectivity index (χ3n) is 3.53. The van der Waals surface area contributed by atoms with Gasteiger partial charge in [-0.25, -0.2) is 0 Å². The molecule has 1 fully saturated rings. The fraction of sp³-hybridized carbons (Fsp3) is 0.375. The minimum absolute atomic E-state index is 0.589. The van der Waals surface area contributed by atoms with Gasteiger partial charge in [0.15, 0.2) is 0 Å². The summed E-state index contributed by atoms with van der Waals surface area (Å²) in [5.74, 6) is 2.57. The molecule has 0 unspecified atom stereocenters. The molecule has 1 aromatic heterocycles. The molecule has 0 saturated carbocycles. The average Bonchev–Trinajstić information content (AvgIpc) is 2.79. The van der Waals surface area contributed by atoms with Crippen LogP contribution in [0.25, 0.3) is 5.69 Å². The first-order valence-corrected chi connectivity index (χ1v) is 8.84. The van der Waals surface area contributed by atoms with Crippen molar-refractivity contribution < 1.29 is 0 Å². The van der Waals surface area contributed by atoms with Crippen molar-refractivity contribution in [2.45, 2.75) is 24.9 Å². The minimum Gasteiger partial charge on any atom is -0.318 e. The van der Waals surface area contributed by atoms with Gasteiger partial charge in [0.2, 0.25) is 0 Å². The van der Waals surface area contributed by atoms with Crippen LogP contribution in [0.3, 0.4) is 0 Å². The summed E-state index contributed by atoms with van der Waals surface area (Å²) in [6.07, 6.45) is 1.34. The average molecular weight is 289 g/mol. The largest absolute Gasteiger partial charge is 0.318 e. The molecular formula is C16H19NS2. The standard InChI is InChI=1S/C16H19NS2/c1-12-8-9-13(2)17(12)15-7-4-3-6-14(15)16-18-10-5-11-19-16/h3-4,6-9,16H,5,10-11H2,1-2H3. The summed E-state index contributed by atoms with van der Waals surface area (Å²) >= 11 is 4.18. The Kier molecular flexibility index (Phi) is 3.94. The van der Waals surface area contributed by atoms with Crippen molar-refractivity contribution in [2.75, 3.05) is 11.5 Å². The summed E-state index contributed by atoms with van der Waals surface area (Å²) in [7, 11) is 0. The van der Waals surface area contributed by atoms with Gasteiger partial charge >= 0.3 is 0 Å². The molecule has 1 aromatic carbocycles. The lowest BCUT2D eigenvalue weighted by Crippen LogP contribution is -2.07. The fourth-order valence-electron chi connectivity index (χ4n) is 2.61. The van der Waals surface area contributed by atoms with Gasteiger partial charge in [0.25, 0.3) is 0 Å². The van der Waals surface area contributed by atoms with E-state index in [1.54, 1.807) is 0 Å². The van der Waals surface area contributed by atoms with Gasteiger partial charge in [0, 0.05) is 11.4 Å². The summed E-state index contributed by atoms with van der Waals surface area (Å²) in [4.78, 5) is 0. The lowest BCUT2D eigenvalue weighted by Gasteiger charge is -2.24. The first-order valence-electron chi connectivity index (χ1n) is 6.75. The van der Waals surface area contributed by atoms with Gasteiger partial charge < -0.3 is 4.57 Å². The number of aryl methyl sites for hydroxylation is 2. The van der Waals surface area contributed by atoms with E-state index in [4.69, 9.17) is 0 Å². The molecule has 3 rings (SSSR count). The van der Waals surface area contributed by atoms with E-state index in [1.807, 2.05) is 0 Å². The number of thioether (sulfide) groups is 2. The Bertz CT molecular complexity index is 548. The van der Waals surface area contributed by atoms with Crippen LogP contribution in [0.5, 0.6) is 0 Å². The maximum Gasteiger partial charge on any atom is 0.0771 e. The second-order valence-corrected chi connectivity index (χ2v) is 7.66. The van der Waals surface area contributed by atoms with Crippen LogP contribution >= 0.6 is 23.5 Å². The molecule has 0 radical (unpaired) electrons.